The Morgan fingerprint density at radius 2 is 2.00 bits per heavy atom. The Morgan fingerprint density at radius 1 is 1.27 bits per heavy atom. The Balaban J connectivity index is 1.72. The smallest absolute Gasteiger partial charge is 0.408 e. The number of alkyl carbamates (subject to hydrolysis) is 1. The summed E-state index contributed by atoms with van der Waals surface area (Å²) in [4.78, 5) is 16.9. The van der Waals surface area contributed by atoms with E-state index >= 15 is 0 Å². The first-order chi connectivity index (χ1) is 12.3. The topological polar surface area (TPSA) is 72.5 Å². The third-order valence-electron chi connectivity index (χ3n) is 3.59. The first kappa shape index (κ1) is 18.1. The number of carbonyl (C=O) groups is 1. The van der Waals surface area contributed by atoms with Gasteiger partial charge in [-0.3, -0.25) is 0 Å². The average Bonchev–Trinajstić information content (AvgIpc) is 2.55. The third-order valence-corrected chi connectivity index (χ3v) is 3.98. The highest BCUT2D eigenvalue weighted by Gasteiger charge is 2.27. The lowest BCUT2D eigenvalue weighted by Gasteiger charge is -2.28. The quantitative estimate of drug-likeness (QED) is 0.793. The molecule has 136 valence electrons. The van der Waals surface area contributed by atoms with Crippen LogP contribution in [0.15, 0.2) is 42.6 Å². The molecule has 0 unspecified atom stereocenters. The van der Waals surface area contributed by atoms with E-state index in [1.165, 1.54) is 0 Å². The predicted octanol–water partition coefficient (Wildman–Crippen LogP) is 4.06. The summed E-state index contributed by atoms with van der Waals surface area (Å²) in [5.74, 6) is 2.04. The summed E-state index contributed by atoms with van der Waals surface area (Å²) in [5.41, 5.74) is 0.345. The highest BCUT2D eigenvalue weighted by molar-refractivity contribution is 7.80. The Labute approximate surface area is 157 Å². The molecule has 0 saturated carbocycles. The fraction of sp³-hybridized carbons (Fsp3) is 0.316. The number of ether oxygens (including phenoxy) is 2. The van der Waals surface area contributed by atoms with Crippen LogP contribution in [0.2, 0.25) is 0 Å². The molecule has 2 heterocycles. The fourth-order valence-corrected chi connectivity index (χ4v) is 2.76. The number of fused-ring (bicyclic) bond motifs is 1. The molecule has 0 bridgehead atoms. The van der Waals surface area contributed by atoms with Crippen LogP contribution in [0.1, 0.15) is 26.3 Å². The van der Waals surface area contributed by atoms with Gasteiger partial charge in [0.25, 0.3) is 0 Å². The van der Waals surface area contributed by atoms with Crippen LogP contribution in [0, 0.1) is 0 Å². The molecule has 1 aromatic heterocycles. The van der Waals surface area contributed by atoms with Gasteiger partial charge in [-0.25, -0.2) is 9.78 Å². The van der Waals surface area contributed by atoms with E-state index in [4.69, 9.17) is 21.7 Å². The van der Waals surface area contributed by atoms with E-state index in [1.54, 1.807) is 6.20 Å². The molecule has 2 N–H and O–H groups in total. The van der Waals surface area contributed by atoms with E-state index in [1.807, 2.05) is 57.2 Å². The number of hydrogen-bond acceptors (Lipinski definition) is 5. The number of pyridine rings is 1. The normalized spacial score (nSPS) is 16.3. The summed E-state index contributed by atoms with van der Waals surface area (Å²) >= 11 is 5.35. The van der Waals surface area contributed by atoms with E-state index in [0.29, 0.717) is 23.0 Å². The van der Waals surface area contributed by atoms with Gasteiger partial charge in [0, 0.05) is 12.0 Å². The maximum atomic E-state index is 12.0. The number of nitrogens with zero attached hydrogens (tertiary/aromatic N) is 1. The third kappa shape index (κ3) is 4.70. The molecule has 2 aromatic rings. The van der Waals surface area contributed by atoms with Crippen LogP contribution in [-0.2, 0) is 11.2 Å². The Bertz CT molecular complexity index is 819. The van der Waals surface area contributed by atoms with Gasteiger partial charge in [0.1, 0.15) is 27.9 Å². The van der Waals surface area contributed by atoms with Crippen molar-refractivity contribution < 1.29 is 14.3 Å². The summed E-state index contributed by atoms with van der Waals surface area (Å²) in [5, 5.41) is 5.87. The Hall–Kier alpha value is -2.67. The van der Waals surface area contributed by atoms with E-state index in [0.717, 1.165) is 11.3 Å². The molecule has 0 saturated heterocycles. The molecule has 6 nitrogen and oxygen atoms in total. The van der Waals surface area contributed by atoms with Gasteiger partial charge in [0.2, 0.25) is 0 Å². The van der Waals surface area contributed by atoms with E-state index < -0.39 is 11.7 Å². The van der Waals surface area contributed by atoms with Gasteiger partial charge in [-0.2, -0.15) is 0 Å². The highest BCUT2D eigenvalue weighted by Crippen LogP contribution is 2.28. The van der Waals surface area contributed by atoms with Crippen molar-refractivity contribution in [3.63, 3.8) is 0 Å². The van der Waals surface area contributed by atoms with Crippen LogP contribution in [0.4, 0.5) is 10.6 Å². The molecular weight excluding hydrogens is 350 g/mol. The van der Waals surface area contributed by atoms with Crippen LogP contribution < -0.4 is 15.4 Å². The average molecular weight is 371 g/mol. The molecule has 0 aliphatic carbocycles. The van der Waals surface area contributed by atoms with E-state index in [-0.39, 0.29) is 6.04 Å². The lowest BCUT2D eigenvalue weighted by Crippen LogP contribution is -2.48. The number of aromatic nitrogens is 1. The van der Waals surface area contributed by atoms with Crippen molar-refractivity contribution in [2.75, 3.05) is 5.32 Å². The number of carbonyl (C=O) groups excluding carboxylic acids is 1. The molecular formula is C19H21N3O3S. The molecule has 7 heteroatoms. The van der Waals surface area contributed by atoms with Gasteiger partial charge in [-0.05, 0) is 39.0 Å². The molecule has 1 aliphatic rings. The van der Waals surface area contributed by atoms with E-state index in [9.17, 15) is 4.79 Å². The van der Waals surface area contributed by atoms with Crippen molar-refractivity contribution in [3.8, 4) is 11.5 Å². The molecule has 3 rings (SSSR count). The van der Waals surface area contributed by atoms with Crippen LogP contribution in [0.3, 0.4) is 0 Å². The van der Waals surface area contributed by atoms with Crippen molar-refractivity contribution in [2.45, 2.75) is 38.8 Å². The zero-order valence-electron chi connectivity index (χ0n) is 14.9. The summed E-state index contributed by atoms with van der Waals surface area (Å²) in [6, 6.07) is 11.0. The number of amides is 1. The molecule has 1 aromatic carbocycles. The molecule has 0 spiro atoms. The van der Waals surface area contributed by atoms with Gasteiger partial charge in [0.15, 0.2) is 0 Å². The maximum Gasteiger partial charge on any atom is 0.408 e. The standard InChI is InChI=1S/C19H21N3O3S/c1-19(2,3)25-18(23)21-15-10-12-9-14(11-20-16(12)22-17(15)26)24-13-7-5-4-6-8-13/h4-9,11,15H,10H2,1-3H3,(H,21,23)(H,20,22,26)/t15-/m0/s1. The predicted molar refractivity (Wildman–Crippen MR) is 104 cm³/mol. The van der Waals surface area contributed by atoms with Crippen LogP contribution >= 0.6 is 12.2 Å². The number of rotatable bonds is 3. The maximum absolute atomic E-state index is 12.0. The lowest BCUT2D eigenvalue weighted by atomic mass is 10.0. The van der Waals surface area contributed by atoms with Gasteiger partial charge in [-0.1, -0.05) is 30.4 Å². The SMILES string of the molecule is CC(C)(C)OC(=O)N[C@H]1Cc2cc(Oc3ccccc3)cnc2NC1=S. The Kier molecular flexibility index (Phi) is 5.08. The second kappa shape index (κ2) is 7.29. The van der Waals surface area contributed by atoms with Crippen molar-refractivity contribution >= 4 is 29.1 Å². The minimum atomic E-state index is -0.566. The molecule has 26 heavy (non-hydrogen) atoms. The number of thiocarbonyl (C=S) groups is 1. The zero-order chi connectivity index (χ0) is 18.7. The van der Waals surface area contributed by atoms with Gasteiger partial charge >= 0.3 is 6.09 Å². The second-order valence-electron chi connectivity index (χ2n) is 6.99. The number of nitrogens with one attached hydrogen (secondary N) is 2. The molecule has 0 radical (unpaired) electrons. The number of hydrogen-bond donors (Lipinski definition) is 2. The number of anilines is 1. The van der Waals surface area contributed by atoms with Crippen molar-refractivity contribution in [1.82, 2.24) is 10.3 Å². The molecule has 0 fully saturated rings. The second-order valence-corrected chi connectivity index (χ2v) is 7.43. The minimum Gasteiger partial charge on any atom is -0.456 e. The van der Waals surface area contributed by atoms with E-state index in [2.05, 4.69) is 15.6 Å². The number of para-hydroxylation sites is 1. The highest BCUT2D eigenvalue weighted by atomic mass is 32.1. The largest absolute Gasteiger partial charge is 0.456 e. The minimum absolute atomic E-state index is 0.360. The summed E-state index contributed by atoms with van der Waals surface area (Å²) in [7, 11) is 0. The van der Waals surface area contributed by atoms with Crippen LogP contribution in [-0.4, -0.2) is 27.7 Å². The molecule has 1 amide bonds. The monoisotopic (exact) mass is 371 g/mol. The number of benzene rings is 1. The van der Waals surface area contributed by atoms with Crippen LogP contribution in [0.25, 0.3) is 0 Å². The molecule has 1 aliphatic heterocycles. The fourth-order valence-electron chi connectivity index (χ4n) is 2.52. The first-order valence-corrected chi connectivity index (χ1v) is 8.73. The summed E-state index contributed by atoms with van der Waals surface area (Å²) < 4.78 is 11.1. The van der Waals surface area contributed by atoms with Crippen molar-refractivity contribution in [1.29, 1.82) is 0 Å². The van der Waals surface area contributed by atoms with Gasteiger partial charge in [-0.15, -0.1) is 0 Å². The van der Waals surface area contributed by atoms with Gasteiger partial charge < -0.3 is 20.1 Å². The van der Waals surface area contributed by atoms with Gasteiger partial charge in [0.05, 0.1) is 12.2 Å². The summed E-state index contributed by atoms with van der Waals surface area (Å²) in [6.07, 6.45) is 1.65. The molecule has 1 atom stereocenters. The van der Waals surface area contributed by atoms with Crippen molar-refractivity contribution in [2.24, 2.45) is 0 Å². The lowest BCUT2D eigenvalue weighted by molar-refractivity contribution is 0.0518. The summed E-state index contributed by atoms with van der Waals surface area (Å²) in [6.45, 7) is 5.45. The van der Waals surface area contributed by atoms with Crippen LogP contribution in [0.5, 0.6) is 11.5 Å². The van der Waals surface area contributed by atoms with Crippen molar-refractivity contribution in [3.05, 3.63) is 48.2 Å². The zero-order valence-corrected chi connectivity index (χ0v) is 15.7. The Morgan fingerprint density at radius 3 is 2.69 bits per heavy atom. The first-order valence-electron chi connectivity index (χ1n) is 8.32.